The minimum Gasteiger partial charge on any atom is -0.341 e. The number of piperidine rings is 2. The quantitative estimate of drug-likeness (QED) is 0.520. The summed E-state index contributed by atoms with van der Waals surface area (Å²) in [6.45, 7) is 2.32. The molecule has 0 spiro atoms. The molecule has 1 unspecified atom stereocenters. The number of hydrogen-bond donors (Lipinski definition) is 1. The fourth-order valence-corrected chi connectivity index (χ4v) is 5.30. The zero-order valence-corrected chi connectivity index (χ0v) is 19.9. The van der Waals surface area contributed by atoms with E-state index in [2.05, 4.69) is 25.1 Å². The van der Waals surface area contributed by atoms with Crippen molar-refractivity contribution in [2.75, 3.05) is 24.5 Å². The van der Waals surface area contributed by atoms with Gasteiger partial charge in [0.25, 0.3) is 0 Å². The van der Waals surface area contributed by atoms with Crippen molar-refractivity contribution in [2.45, 2.75) is 50.7 Å². The summed E-state index contributed by atoms with van der Waals surface area (Å²) < 4.78 is 39.0. The van der Waals surface area contributed by atoms with Crippen molar-refractivity contribution in [1.29, 1.82) is 0 Å². The Kier molecular flexibility index (Phi) is 6.93. The average molecular weight is 499 g/mol. The van der Waals surface area contributed by atoms with E-state index in [0.717, 1.165) is 74.5 Å². The van der Waals surface area contributed by atoms with Gasteiger partial charge in [-0.2, -0.15) is 18.3 Å². The summed E-state index contributed by atoms with van der Waals surface area (Å²) in [5.41, 5.74) is 1.50. The van der Waals surface area contributed by atoms with Gasteiger partial charge in [-0.15, -0.1) is 0 Å². The van der Waals surface area contributed by atoms with Crippen molar-refractivity contribution >= 4 is 11.9 Å². The molecule has 190 valence electrons. The van der Waals surface area contributed by atoms with Crippen LogP contribution in [-0.2, 0) is 11.0 Å². The maximum atomic E-state index is 13.5. The van der Waals surface area contributed by atoms with E-state index < -0.39 is 11.7 Å². The largest absolute Gasteiger partial charge is 0.416 e. The Morgan fingerprint density at radius 1 is 1.00 bits per heavy atom. The summed E-state index contributed by atoms with van der Waals surface area (Å²) in [6, 6.07) is 6.74. The van der Waals surface area contributed by atoms with Crippen LogP contribution < -0.4 is 4.90 Å². The first-order valence-electron chi connectivity index (χ1n) is 12.4. The van der Waals surface area contributed by atoms with Gasteiger partial charge in [0.1, 0.15) is 0 Å². The van der Waals surface area contributed by atoms with Gasteiger partial charge in [-0.05, 0) is 61.8 Å². The number of nitrogens with one attached hydrogen (secondary N) is 1. The number of amides is 1. The van der Waals surface area contributed by atoms with E-state index in [1.807, 2.05) is 4.90 Å². The number of benzene rings is 1. The molecular weight excluding hydrogens is 469 g/mol. The Bertz CT molecular complexity index is 1160. The van der Waals surface area contributed by atoms with Crippen molar-refractivity contribution in [3.63, 3.8) is 0 Å². The van der Waals surface area contributed by atoms with Crippen LogP contribution in [0.25, 0.3) is 11.1 Å². The van der Waals surface area contributed by atoms with E-state index in [1.165, 1.54) is 12.1 Å². The third-order valence-electron chi connectivity index (χ3n) is 7.26. The van der Waals surface area contributed by atoms with Gasteiger partial charge in [0.15, 0.2) is 0 Å². The maximum Gasteiger partial charge on any atom is 0.416 e. The summed E-state index contributed by atoms with van der Waals surface area (Å²) in [5.74, 6) is 1.16. The second-order valence-corrected chi connectivity index (χ2v) is 9.55. The number of alkyl halides is 3. The molecule has 2 aliphatic heterocycles. The van der Waals surface area contributed by atoms with Crippen molar-refractivity contribution in [1.82, 2.24) is 25.1 Å². The van der Waals surface area contributed by atoms with Crippen molar-refractivity contribution in [3.8, 4) is 11.1 Å². The minimum absolute atomic E-state index is 0.127. The average Bonchev–Trinajstić information content (AvgIpc) is 3.39. The number of carbonyl (C=O) groups is 1. The van der Waals surface area contributed by atoms with Crippen LogP contribution in [-0.4, -0.2) is 50.6 Å². The smallest absolute Gasteiger partial charge is 0.341 e. The molecule has 0 bridgehead atoms. The van der Waals surface area contributed by atoms with Crippen LogP contribution in [0.2, 0.25) is 0 Å². The Morgan fingerprint density at radius 2 is 1.72 bits per heavy atom. The molecule has 2 aromatic heterocycles. The second kappa shape index (κ2) is 10.3. The Balaban J connectivity index is 1.26. The lowest BCUT2D eigenvalue weighted by Gasteiger charge is -2.38. The van der Waals surface area contributed by atoms with Gasteiger partial charge in [0, 0.05) is 44.0 Å². The number of aromatic nitrogens is 4. The van der Waals surface area contributed by atoms with Crippen LogP contribution in [0.3, 0.4) is 0 Å². The Morgan fingerprint density at radius 3 is 2.42 bits per heavy atom. The summed E-state index contributed by atoms with van der Waals surface area (Å²) in [7, 11) is 0. The number of hydrogen-bond acceptors (Lipinski definition) is 5. The van der Waals surface area contributed by atoms with Gasteiger partial charge in [0.2, 0.25) is 11.9 Å². The van der Waals surface area contributed by atoms with E-state index in [0.29, 0.717) is 24.4 Å². The molecule has 1 atom stereocenters. The summed E-state index contributed by atoms with van der Waals surface area (Å²) >= 11 is 0. The molecule has 7 nitrogen and oxygen atoms in total. The molecule has 4 heterocycles. The van der Waals surface area contributed by atoms with Crippen LogP contribution in [0.1, 0.15) is 55.8 Å². The van der Waals surface area contributed by atoms with E-state index in [9.17, 15) is 18.0 Å². The monoisotopic (exact) mass is 498 g/mol. The first-order valence-corrected chi connectivity index (χ1v) is 12.4. The van der Waals surface area contributed by atoms with Crippen molar-refractivity contribution in [3.05, 3.63) is 60.2 Å². The van der Waals surface area contributed by atoms with Crippen LogP contribution in [0.4, 0.5) is 19.1 Å². The molecule has 10 heteroatoms. The number of likely N-dealkylation sites (tertiary alicyclic amines) is 1. The first-order chi connectivity index (χ1) is 17.4. The number of anilines is 1. The van der Waals surface area contributed by atoms with Gasteiger partial charge in [-0.1, -0.05) is 12.1 Å². The van der Waals surface area contributed by atoms with Crippen LogP contribution in [0, 0.1) is 5.92 Å². The summed E-state index contributed by atoms with van der Waals surface area (Å²) in [5, 5.41) is 7.23. The predicted molar refractivity (Wildman–Crippen MR) is 129 cm³/mol. The number of halogens is 3. The molecule has 2 aliphatic rings. The molecular formula is C26H29F3N6O. The number of H-pyrrole nitrogens is 1. The van der Waals surface area contributed by atoms with Crippen LogP contribution in [0.15, 0.2) is 48.9 Å². The van der Waals surface area contributed by atoms with E-state index in [4.69, 9.17) is 0 Å². The molecule has 0 saturated carbocycles. The lowest BCUT2D eigenvalue weighted by Crippen LogP contribution is -2.41. The molecule has 2 fully saturated rings. The third-order valence-corrected chi connectivity index (χ3v) is 7.26. The van der Waals surface area contributed by atoms with E-state index in [1.54, 1.807) is 24.7 Å². The lowest BCUT2D eigenvalue weighted by atomic mass is 9.90. The molecule has 36 heavy (non-hydrogen) atoms. The zero-order chi connectivity index (χ0) is 25.1. The van der Waals surface area contributed by atoms with Gasteiger partial charge in [0.05, 0.1) is 23.5 Å². The molecule has 1 N–H and O–H groups in total. The summed E-state index contributed by atoms with van der Waals surface area (Å²) in [6.07, 6.45) is 5.75. The second-order valence-electron chi connectivity index (χ2n) is 9.55. The number of nitrogens with zero attached hydrogens (tertiary/aromatic N) is 5. The highest BCUT2D eigenvalue weighted by atomic mass is 19.4. The lowest BCUT2D eigenvalue weighted by molar-refractivity contribution is -0.138. The Hall–Kier alpha value is -3.43. The highest BCUT2D eigenvalue weighted by Crippen LogP contribution is 2.38. The zero-order valence-electron chi connectivity index (χ0n) is 19.9. The van der Waals surface area contributed by atoms with E-state index >= 15 is 0 Å². The molecule has 5 rings (SSSR count). The third kappa shape index (κ3) is 5.22. The maximum absolute atomic E-state index is 13.5. The van der Waals surface area contributed by atoms with Crippen molar-refractivity contribution in [2.24, 2.45) is 5.92 Å². The molecule has 2 saturated heterocycles. The number of carbonyl (C=O) groups excluding carboxylic acids is 1. The van der Waals surface area contributed by atoms with Crippen LogP contribution in [0.5, 0.6) is 0 Å². The van der Waals surface area contributed by atoms with Crippen molar-refractivity contribution < 1.29 is 18.0 Å². The number of aromatic amines is 1. The highest BCUT2D eigenvalue weighted by Gasteiger charge is 2.34. The predicted octanol–water partition coefficient (Wildman–Crippen LogP) is 5.25. The molecule has 0 aliphatic carbocycles. The van der Waals surface area contributed by atoms with E-state index in [-0.39, 0.29) is 11.9 Å². The van der Waals surface area contributed by atoms with Gasteiger partial charge < -0.3 is 9.80 Å². The number of rotatable bonds is 5. The Labute approximate surface area is 207 Å². The molecule has 1 aromatic carbocycles. The SMILES string of the molecule is O=C(CC1CCN(c2ncccn2)CC1)N1CCCCC1c1[nH]ncc1-c1ccc(C(F)(F)F)cc1. The molecule has 1 amide bonds. The van der Waals surface area contributed by atoms with Gasteiger partial charge >= 0.3 is 6.18 Å². The normalized spacial score (nSPS) is 19.5. The fraction of sp³-hybridized carbons (Fsp3) is 0.462. The topological polar surface area (TPSA) is 78.0 Å². The van der Waals surface area contributed by atoms with Gasteiger partial charge in [-0.3, -0.25) is 9.89 Å². The minimum atomic E-state index is -4.38. The van der Waals surface area contributed by atoms with Gasteiger partial charge in [-0.25, -0.2) is 9.97 Å². The standard InChI is InChI=1S/C26H29F3N6O/c27-26(28,29)20-7-5-19(6-8-20)21-17-32-33-24(21)22-4-1-2-13-35(22)23(36)16-18-9-14-34(15-10-18)25-30-11-3-12-31-25/h3,5-8,11-12,17-18,22H,1-2,4,9-10,13-16H2,(H,32,33). The molecule has 0 radical (unpaired) electrons. The molecule has 3 aromatic rings. The summed E-state index contributed by atoms with van der Waals surface area (Å²) in [4.78, 5) is 26.2. The highest BCUT2D eigenvalue weighted by molar-refractivity contribution is 5.78. The fourth-order valence-electron chi connectivity index (χ4n) is 5.30. The first kappa shape index (κ1) is 24.3. The van der Waals surface area contributed by atoms with Crippen LogP contribution >= 0.6 is 0 Å².